The molecule has 0 atom stereocenters. The summed E-state index contributed by atoms with van der Waals surface area (Å²) < 4.78 is 6.05. The molecule has 0 bridgehead atoms. The van der Waals surface area contributed by atoms with Crippen LogP contribution in [0.4, 0.5) is 0 Å². The third-order valence-corrected chi connectivity index (χ3v) is 6.24. The van der Waals surface area contributed by atoms with Crippen molar-refractivity contribution >= 4 is 17.8 Å². The van der Waals surface area contributed by atoms with Crippen molar-refractivity contribution in [2.24, 2.45) is 0 Å². The number of carbonyl (C=O) groups is 3. The zero-order valence-electron chi connectivity index (χ0n) is 18.0. The molecule has 0 radical (unpaired) electrons. The number of carbonyl (C=O) groups excluding carboxylic acids is 3. The minimum absolute atomic E-state index is 0.274. The first-order valence-electron chi connectivity index (χ1n) is 11.1. The molecule has 0 aromatic heterocycles. The topological polar surface area (TPSA) is 72.9 Å². The number of ether oxygens (including phenoxy) is 1. The molecule has 2 aliphatic rings. The SMILES string of the molecule is O=C1c2ccccc2C(=O)N1OC1(C(=O)OC(c2ccccc2)c2ccccc2)CCCC1. The molecular weight excluding hydrogens is 418 g/mol. The minimum Gasteiger partial charge on any atom is -0.450 e. The van der Waals surface area contributed by atoms with Gasteiger partial charge in [0.15, 0.2) is 11.7 Å². The van der Waals surface area contributed by atoms with Crippen LogP contribution in [0.5, 0.6) is 0 Å². The van der Waals surface area contributed by atoms with Crippen LogP contribution in [0.15, 0.2) is 84.9 Å². The first-order valence-corrected chi connectivity index (χ1v) is 11.1. The number of fused-ring (bicyclic) bond motifs is 1. The number of rotatable bonds is 6. The van der Waals surface area contributed by atoms with Crippen molar-refractivity contribution in [3.05, 3.63) is 107 Å². The first-order chi connectivity index (χ1) is 16.1. The van der Waals surface area contributed by atoms with Crippen molar-refractivity contribution in [1.82, 2.24) is 5.06 Å². The summed E-state index contributed by atoms with van der Waals surface area (Å²) in [7, 11) is 0. The van der Waals surface area contributed by atoms with Crippen LogP contribution in [-0.4, -0.2) is 28.4 Å². The van der Waals surface area contributed by atoms with Gasteiger partial charge < -0.3 is 4.74 Å². The smallest absolute Gasteiger partial charge is 0.342 e. The molecule has 33 heavy (non-hydrogen) atoms. The van der Waals surface area contributed by atoms with Crippen LogP contribution >= 0.6 is 0 Å². The Hall–Kier alpha value is -3.77. The Labute approximate surface area is 191 Å². The van der Waals surface area contributed by atoms with Crippen LogP contribution in [0.2, 0.25) is 0 Å². The summed E-state index contributed by atoms with van der Waals surface area (Å²) in [5.41, 5.74) is 0.803. The van der Waals surface area contributed by atoms with Crippen molar-refractivity contribution in [1.29, 1.82) is 0 Å². The third-order valence-electron chi connectivity index (χ3n) is 6.24. The normalized spacial score (nSPS) is 16.8. The highest BCUT2D eigenvalue weighted by Crippen LogP contribution is 2.39. The maximum absolute atomic E-state index is 13.6. The second-order valence-electron chi connectivity index (χ2n) is 8.35. The Morgan fingerprint density at radius 1 is 0.727 bits per heavy atom. The van der Waals surface area contributed by atoms with Crippen LogP contribution in [0.25, 0.3) is 0 Å². The molecule has 0 unspecified atom stereocenters. The highest BCUT2D eigenvalue weighted by Gasteiger charge is 2.51. The van der Waals surface area contributed by atoms with Gasteiger partial charge in [-0.05, 0) is 48.9 Å². The number of hydrogen-bond donors (Lipinski definition) is 0. The van der Waals surface area contributed by atoms with E-state index in [1.165, 1.54) is 0 Å². The van der Waals surface area contributed by atoms with Crippen LogP contribution < -0.4 is 0 Å². The maximum Gasteiger partial charge on any atom is 0.342 e. The highest BCUT2D eigenvalue weighted by atomic mass is 16.7. The monoisotopic (exact) mass is 441 g/mol. The predicted molar refractivity (Wildman–Crippen MR) is 120 cm³/mol. The molecule has 1 saturated carbocycles. The van der Waals surface area contributed by atoms with Crippen molar-refractivity contribution in [3.63, 3.8) is 0 Å². The largest absolute Gasteiger partial charge is 0.450 e. The van der Waals surface area contributed by atoms with E-state index in [2.05, 4.69) is 0 Å². The van der Waals surface area contributed by atoms with Gasteiger partial charge in [0.2, 0.25) is 0 Å². The number of esters is 1. The van der Waals surface area contributed by atoms with Crippen LogP contribution in [0, 0.1) is 0 Å². The molecular formula is C27H23NO5. The van der Waals surface area contributed by atoms with Gasteiger partial charge in [-0.1, -0.05) is 72.8 Å². The van der Waals surface area contributed by atoms with Gasteiger partial charge in [-0.25, -0.2) is 9.63 Å². The zero-order valence-corrected chi connectivity index (χ0v) is 18.0. The molecule has 1 aliphatic carbocycles. The lowest BCUT2D eigenvalue weighted by molar-refractivity contribution is -0.214. The Balaban J connectivity index is 1.44. The predicted octanol–water partition coefficient (Wildman–Crippen LogP) is 4.86. The van der Waals surface area contributed by atoms with Crippen LogP contribution in [0.3, 0.4) is 0 Å². The minimum atomic E-state index is -1.39. The van der Waals surface area contributed by atoms with Gasteiger partial charge in [-0.3, -0.25) is 9.59 Å². The Morgan fingerprint density at radius 3 is 1.67 bits per heavy atom. The lowest BCUT2D eigenvalue weighted by atomic mass is 9.99. The summed E-state index contributed by atoms with van der Waals surface area (Å²) in [6, 6.07) is 25.5. The van der Waals surface area contributed by atoms with E-state index in [0.717, 1.165) is 29.0 Å². The van der Waals surface area contributed by atoms with E-state index < -0.39 is 29.5 Å². The first kappa shape index (κ1) is 21.1. The van der Waals surface area contributed by atoms with E-state index in [1.807, 2.05) is 60.7 Å². The average Bonchev–Trinajstić information content (AvgIpc) is 3.44. The fourth-order valence-electron chi connectivity index (χ4n) is 4.50. The fourth-order valence-corrected chi connectivity index (χ4v) is 4.50. The summed E-state index contributed by atoms with van der Waals surface area (Å²) in [4.78, 5) is 45.3. The van der Waals surface area contributed by atoms with Gasteiger partial charge >= 0.3 is 5.97 Å². The van der Waals surface area contributed by atoms with Crippen molar-refractivity contribution in [2.75, 3.05) is 0 Å². The van der Waals surface area contributed by atoms with Gasteiger partial charge in [0.25, 0.3) is 11.8 Å². The molecule has 5 rings (SSSR count). The lowest BCUT2D eigenvalue weighted by Crippen LogP contribution is -2.48. The molecule has 0 spiro atoms. The summed E-state index contributed by atoms with van der Waals surface area (Å²) >= 11 is 0. The summed E-state index contributed by atoms with van der Waals surface area (Å²) in [6.45, 7) is 0. The van der Waals surface area contributed by atoms with E-state index in [-0.39, 0.29) is 11.1 Å². The van der Waals surface area contributed by atoms with Gasteiger partial charge in [0, 0.05) is 0 Å². The van der Waals surface area contributed by atoms with Crippen molar-refractivity contribution in [2.45, 2.75) is 37.4 Å². The fraction of sp³-hybridized carbons (Fsp3) is 0.222. The molecule has 1 fully saturated rings. The van der Waals surface area contributed by atoms with Crippen LogP contribution in [-0.2, 0) is 14.4 Å². The third kappa shape index (κ3) is 3.83. The number of amides is 2. The number of benzene rings is 3. The molecule has 1 aliphatic heterocycles. The Morgan fingerprint density at radius 2 is 1.18 bits per heavy atom. The molecule has 0 saturated heterocycles. The molecule has 6 nitrogen and oxygen atoms in total. The summed E-state index contributed by atoms with van der Waals surface area (Å²) in [5, 5.41) is 0.733. The van der Waals surface area contributed by atoms with Crippen molar-refractivity contribution in [3.8, 4) is 0 Å². The molecule has 0 N–H and O–H groups in total. The number of hydrogen-bond acceptors (Lipinski definition) is 5. The average molecular weight is 441 g/mol. The molecule has 166 valence electrons. The Kier molecular flexibility index (Phi) is 5.52. The highest BCUT2D eigenvalue weighted by molar-refractivity contribution is 6.20. The number of nitrogens with zero attached hydrogens (tertiary/aromatic N) is 1. The molecule has 3 aromatic rings. The maximum atomic E-state index is 13.6. The van der Waals surface area contributed by atoms with E-state index in [9.17, 15) is 14.4 Å². The zero-order chi connectivity index (χ0) is 22.8. The molecule has 3 aromatic carbocycles. The number of imide groups is 1. The lowest BCUT2D eigenvalue weighted by Gasteiger charge is -2.31. The Bertz CT molecular complexity index is 1110. The molecule has 2 amide bonds. The molecule has 6 heteroatoms. The van der Waals surface area contributed by atoms with E-state index in [1.54, 1.807) is 24.3 Å². The summed E-state index contributed by atoms with van der Waals surface area (Å²) in [5.74, 6) is -1.69. The number of hydroxylamine groups is 2. The van der Waals surface area contributed by atoms with Gasteiger partial charge in [0.05, 0.1) is 11.1 Å². The standard InChI is InChI=1S/C27H23NO5/c29-24-21-15-7-8-16-22(21)25(30)28(24)33-27(17-9-10-18-27)26(31)32-23(19-11-3-1-4-12-19)20-13-5-2-6-14-20/h1-8,11-16,23H,9-10,17-18H2. The van der Waals surface area contributed by atoms with Gasteiger partial charge in [-0.15, -0.1) is 5.06 Å². The summed E-state index contributed by atoms with van der Waals surface area (Å²) in [6.07, 6.45) is 1.58. The van der Waals surface area contributed by atoms with Gasteiger partial charge in [-0.2, -0.15) is 0 Å². The van der Waals surface area contributed by atoms with E-state index >= 15 is 0 Å². The van der Waals surface area contributed by atoms with Crippen LogP contribution in [0.1, 0.15) is 63.6 Å². The quantitative estimate of drug-likeness (QED) is 0.404. The van der Waals surface area contributed by atoms with Gasteiger partial charge in [0.1, 0.15) is 0 Å². The van der Waals surface area contributed by atoms with E-state index in [4.69, 9.17) is 9.57 Å². The second-order valence-corrected chi connectivity index (χ2v) is 8.35. The second kappa shape index (κ2) is 8.64. The van der Waals surface area contributed by atoms with E-state index in [0.29, 0.717) is 12.8 Å². The molecule has 1 heterocycles. The van der Waals surface area contributed by atoms with Crippen molar-refractivity contribution < 1.29 is 24.0 Å².